The van der Waals surface area contributed by atoms with Gasteiger partial charge in [0.2, 0.25) is 0 Å². The summed E-state index contributed by atoms with van der Waals surface area (Å²) in [6.45, 7) is 7.20. The van der Waals surface area contributed by atoms with Crippen molar-refractivity contribution in [2.75, 3.05) is 19.7 Å². The molecule has 19 heavy (non-hydrogen) atoms. The summed E-state index contributed by atoms with van der Waals surface area (Å²) < 4.78 is 5.73. The van der Waals surface area contributed by atoms with Crippen LogP contribution < -0.4 is 10.5 Å². The van der Waals surface area contributed by atoms with E-state index in [2.05, 4.69) is 18.7 Å². The van der Waals surface area contributed by atoms with Crippen molar-refractivity contribution in [2.45, 2.75) is 32.4 Å². The Kier molecular flexibility index (Phi) is 5.08. The zero-order valence-electron chi connectivity index (χ0n) is 11.7. The van der Waals surface area contributed by atoms with Gasteiger partial charge in [0.25, 0.3) is 0 Å². The number of ether oxygens (including phenoxy) is 1. The van der Waals surface area contributed by atoms with Gasteiger partial charge in [-0.05, 0) is 44.9 Å². The molecule has 2 atom stereocenters. The minimum atomic E-state index is 0.0695. The van der Waals surface area contributed by atoms with E-state index in [1.807, 2.05) is 24.3 Å². The number of rotatable bonds is 5. The molecule has 4 heteroatoms. The number of para-hydroxylation sites is 1. The Balaban J connectivity index is 1.82. The first-order chi connectivity index (χ1) is 9.08. The maximum Gasteiger partial charge on any atom is 0.137 e. The second-order valence-corrected chi connectivity index (χ2v) is 5.95. The first-order valence-electron chi connectivity index (χ1n) is 6.95. The largest absolute Gasteiger partial charge is 0.490 e. The van der Waals surface area contributed by atoms with E-state index in [9.17, 15) is 0 Å². The third-order valence-electron chi connectivity index (χ3n) is 3.86. The fraction of sp³-hybridized carbons (Fsp3) is 0.600. The molecule has 3 nitrogen and oxygen atoms in total. The Morgan fingerprint density at radius 3 is 2.79 bits per heavy atom. The predicted octanol–water partition coefficient (Wildman–Crippen LogP) is 2.78. The van der Waals surface area contributed by atoms with Gasteiger partial charge in [0.15, 0.2) is 0 Å². The highest BCUT2D eigenvalue weighted by molar-refractivity contribution is 6.32. The Morgan fingerprint density at radius 2 is 2.16 bits per heavy atom. The molecule has 2 N–H and O–H groups in total. The molecular formula is C15H23ClN2O. The van der Waals surface area contributed by atoms with E-state index in [0.717, 1.165) is 25.3 Å². The summed E-state index contributed by atoms with van der Waals surface area (Å²) in [5.41, 5.74) is 6.24. The van der Waals surface area contributed by atoms with Gasteiger partial charge in [-0.2, -0.15) is 0 Å². The van der Waals surface area contributed by atoms with Crippen LogP contribution in [0.3, 0.4) is 0 Å². The molecule has 1 aliphatic rings. The molecule has 1 aromatic rings. The predicted molar refractivity (Wildman–Crippen MR) is 79.7 cm³/mol. The summed E-state index contributed by atoms with van der Waals surface area (Å²) >= 11 is 6.06. The smallest absolute Gasteiger partial charge is 0.137 e. The maximum absolute atomic E-state index is 6.24. The summed E-state index contributed by atoms with van der Waals surface area (Å²) in [7, 11) is 0. The Morgan fingerprint density at radius 1 is 1.42 bits per heavy atom. The molecule has 0 spiro atoms. The lowest BCUT2D eigenvalue weighted by molar-refractivity contribution is 0.225. The fourth-order valence-electron chi connectivity index (χ4n) is 2.52. The van der Waals surface area contributed by atoms with Gasteiger partial charge in [-0.25, -0.2) is 0 Å². The minimum Gasteiger partial charge on any atom is -0.490 e. The van der Waals surface area contributed by atoms with Gasteiger partial charge >= 0.3 is 0 Å². The van der Waals surface area contributed by atoms with Crippen LogP contribution in [0.2, 0.25) is 5.02 Å². The molecule has 0 aliphatic carbocycles. The monoisotopic (exact) mass is 282 g/mol. The highest BCUT2D eigenvalue weighted by atomic mass is 35.5. The van der Waals surface area contributed by atoms with Gasteiger partial charge in [-0.3, -0.25) is 0 Å². The van der Waals surface area contributed by atoms with Crippen molar-refractivity contribution in [3.8, 4) is 5.75 Å². The highest BCUT2D eigenvalue weighted by Gasteiger charge is 2.28. The Labute approximate surface area is 120 Å². The average Bonchev–Trinajstić information content (AvgIpc) is 2.87. The zero-order valence-corrected chi connectivity index (χ0v) is 12.4. The van der Waals surface area contributed by atoms with Gasteiger partial charge in [0.1, 0.15) is 12.4 Å². The lowest BCUT2D eigenvalue weighted by Gasteiger charge is -2.23. The molecule has 1 heterocycles. The molecule has 0 radical (unpaired) electrons. The number of halogens is 1. The van der Waals surface area contributed by atoms with Crippen LogP contribution in [0.1, 0.15) is 20.3 Å². The molecule has 0 amide bonds. The molecule has 0 saturated carbocycles. The van der Waals surface area contributed by atoms with Crippen LogP contribution in [0.25, 0.3) is 0 Å². The minimum absolute atomic E-state index is 0.0695. The van der Waals surface area contributed by atoms with E-state index in [1.165, 1.54) is 0 Å². The second-order valence-electron chi connectivity index (χ2n) is 5.54. The van der Waals surface area contributed by atoms with Crippen LogP contribution in [0.4, 0.5) is 0 Å². The van der Waals surface area contributed by atoms with Crippen molar-refractivity contribution < 1.29 is 4.74 Å². The topological polar surface area (TPSA) is 38.5 Å². The molecule has 106 valence electrons. The van der Waals surface area contributed by atoms with Crippen molar-refractivity contribution in [1.29, 1.82) is 0 Å². The van der Waals surface area contributed by atoms with Gasteiger partial charge in [0, 0.05) is 18.6 Å². The summed E-state index contributed by atoms with van der Waals surface area (Å²) in [5, 5.41) is 0.643. The number of likely N-dealkylation sites (tertiary alicyclic amines) is 1. The summed E-state index contributed by atoms with van der Waals surface area (Å²) in [6.07, 6.45) is 1.16. The molecule has 1 aromatic carbocycles. The van der Waals surface area contributed by atoms with E-state index in [1.54, 1.807) is 0 Å². The number of nitrogens with two attached hydrogens (primary N) is 1. The van der Waals surface area contributed by atoms with E-state index in [4.69, 9.17) is 22.1 Å². The van der Waals surface area contributed by atoms with Crippen LogP contribution in [0.5, 0.6) is 5.75 Å². The van der Waals surface area contributed by atoms with Crippen molar-refractivity contribution in [3.05, 3.63) is 29.3 Å². The molecule has 0 bridgehead atoms. The van der Waals surface area contributed by atoms with Gasteiger partial charge in [-0.1, -0.05) is 23.7 Å². The van der Waals surface area contributed by atoms with Crippen LogP contribution in [0, 0.1) is 5.92 Å². The van der Waals surface area contributed by atoms with Crippen molar-refractivity contribution >= 4 is 11.6 Å². The summed E-state index contributed by atoms with van der Waals surface area (Å²) in [4.78, 5) is 2.47. The molecule has 1 aliphatic heterocycles. The van der Waals surface area contributed by atoms with E-state index < -0.39 is 0 Å². The molecule has 1 saturated heterocycles. The number of benzene rings is 1. The average molecular weight is 283 g/mol. The molecule has 1 fully saturated rings. The Hall–Kier alpha value is -0.770. The van der Waals surface area contributed by atoms with Gasteiger partial charge in [0.05, 0.1) is 5.02 Å². The quantitative estimate of drug-likeness (QED) is 0.902. The standard InChI is InChI=1S/C15H23ClN2O/c1-11(2)18-8-7-12(9-18)14(17)10-19-15-6-4-3-5-13(15)16/h3-6,11-12,14H,7-10,17H2,1-2H3. The van der Waals surface area contributed by atoms with Crippen LogP contribution >= 0.6 is 11.6 Å². The molecular weight excluding hydrogens is 260 g/mol. The van der Waals surface area contributed by atoms with Gasteiger partial charge in [-0.15, -0.1) is 0 Å². The third-order valence-corrected chi connectivity index (χ3v) is 4.17. The Bertz CT molecular complexity index is 411. The van der Waals surface area contributed by atoms with Crippen LogP contribution in [0.15, 0.2) is 24.3 Å². The highest BCUT2D eigenvalue weighted by Crippen LogP contribution is 2.25. The van der Waals surface area contributed by atoms with E-state index in [-0.39, 0.29) is 6.04 Å². The first-order valence-corrected chi connectivity index (χ1v) is 7.32. The van der Waals surface area contributed by atoms with Gasteiger partial charge < -0.3 is 15.4 Å². The summed E-state index contributed by atoms with van der Waals surface area (Å²) in [5.74, 6) is 1.24. The number of nitrogens with zero attached hydrogens (tertiary/aromatic N) is 1. The molecule has 2 rings (SSSR count). The number of hydrogen-bond donors (Lipinski definition) is 1. The van der Waals surface area contributed by atoms with E-state index >= 15 is 0 Å². The third kappa shape index (κ3) is 3.85. The number of hydrogen-bond acceptors (Lipinski definition) is 3. The molecule has 0 aromatic heterocycles. The SMILES string of the molecule is CC(C)N1CCC(C(N)COc2ccccc2Cl)C1. The van der Waals surface area contributed by atoms with E-state index in [0.29, 0.717) is 23.6 Å². The molecule has 2 unspecified atom stereocenters. The normalized spacial score (nSPS) is 21.8. The van der Waals surface area contributed by atoms with Crippen LogP contribution in [-0.2, 0) is 0 Å². The lowest BCUT2D eigenvalue weighted by atomic mass is 10.0. The van der Waals surface area contributed by atoms with Crippen molar-refractivity contribution in [1.82, 2.24) is 4.90 Å². The van der Waals surface area contributed by atoms with Crippen LogP contribution in [-0.4, -0.2) is 36.7 Å². The maximum atomic E-state index is 6.24. The van der Waals surface area contributed by atoms with Crippen molar-refractivity contribution in [3.63, 3.8) is 0 Å². The fourth-order valence-corrected chi connectivity index (χ4v) is 2.71. The first kappa shape index (κ1) is 14.6. The lowest BCUT2D eigenvalue weighted by Crippen LogP contribution is -2.38. The summed E-state index contributed by atoms with van der Waals surface area (Å²) in [6, 6.07) is 8.19. The van der Waals surface area contributed by atoms with Crippen molar-refractivity contribution in [2.24, 2.45) is 11.7 Å². The zero-order chi connectivity index (χ0) is 13.8. The second kappa shape index (κ2) is 6.60.